The molecule has 0 saturated carbocycles. The second kappa shape index (κ2) is 5.99. The SMILES string of the molecule is CC(C)(C)NCCCNCC1(C)CCCO1. The molecule has 0 amide bonds. The van der Waals surface area contributed by atoms with Crippen LogP contribution in [-0.4, -0.2) is 37.4 Å². The van der Waals surface area contributed by atoms with Crippen LogP contribution in [0.3, 0.4) is 0 Å². The first-order chi connectivity index (χ1) is 7.41. The predicted octanol–water partition coefficient (Wildman–Crippen LogP) is 1.92. The lowest BCUT2D eigenvalue weighted by atomic mass is 10.0. The zero-order valence-electron chi connectivity index (χ0n) is 11.4. The standard InChI is InChI=1S/C13H28N2O/c1-12(2,3)15-9-6-8-14-11-13(4)7-5-10-16-13/h14-15H,5-11H2,1-4H3. The van der Waals surface area contributed by atoms with Crippen LogP contribution in [0, 0.1) is 0 Å². The molecule has 1 unspecified atom stereocenters. The quantitative estimate of drug-likeness (QED) is 0.682. The third-order valence-corrected chi connectivity index (χ3v) is 2.99. The molecule has 1 aliphatic rings. The molecule has 0 spiro atoms. The van der Waals surface area contributed by atoms with Gasteiger partial charge in [0.2, 0.25) is 0 Å². The summed E-state index contributed by atoms with van der Waals surface area (Å²) in [5.74, 6) is 0. The topological polar surface area (TPSA) is 33.3 Å². The van der Waals surface area contributed by atoms with Gasteiger partial charge in [0, 0.05) is 18.7 Å². The van der Waals surface area contributed by atoms with Crippen molar-refractivity contribution in [3.8, 4) is 0 Å². The van der Waals surface area contributed by atoms with Crippen LogP contribution in [0.15, 0.2) is 0 Å². The van der Waals surface area contributed by atoms with Gasteiger partial charge >= 0.3 is 0 Å². The minimum Gasteiger partial charge on any atom is -0.374 e. The van der Waals surface area contributed by atoms with Crippen LogP contribution in [-0.2, 0) is 4.74 Å². The molecule has 3 nitrogen and oxygen atoms in total. The van der Waals surface area contributed by atoms with E-state index in [1.807, 2.05) is 0 Å². The number of rotatable bonds is 6. The highest BCUT2D eigenvalue weighted by Gasteiger charge is 2.28. The van der Waals surface area contributed by atoms with E-state index in [0.29, 0.717) is 0 Å². The molecular formula is C13H28N2O. The van der Waals surface area contributed by atoms with Crippen LogP contribution >= 0.6 is 0 Å². The third kappa shape index (κ3) is 5.83. The van der Waals surface area contributed by atoms with Crippen molar-refractivity contribution in [3.63, 3.8) is 0 Å². The molecule has 1 fully saturated rings. The van der Waals surface area contributed by atoms with Crippen molar-refractivity contribution in [1.82, 2.24) is 10.6 Å². The molecule has 0 aromatic rings. The maximum Gasteiger partial charge on any atom is 0.0779 e. The Morgan fingerprint density at radius 3 is 2.56 bits per heavy atom. The molecule has 2 N–H and O–H groups in total. The maximum atomic E-state index is 5.72. The van der Waals surface area contributed by atoms with E-state index in [2.05, 4.69) is 38.3 Å². The summed E-state index contributed by atoms with van der Waals surface area (Å²) in [5.41, 5.74) is 0.331. The number of nitrogens with one attached hydrogen (secondary N) is 2. The molecule has 1 rings (SSSR count). The van der Waals surface area contributed by atoms with Crippen molar-refractivity contribution in [3.05, 3.63) is 0 Å². The molecule has 3 heteroatoms. The summed E-state index contributed by atoms with van der Waals surface area (Å²) in [7, 11) is 0. The van der Waals surface area contributed by atoms with Gasteiger partial charge < -0.3 is 15.4 Å². The molecule has 0 aromatic heterocycles. The van der Waals surface area contributed by atoms with E-state index >= 15 is 0 Å². The van der Waals surface area contributed by atoms with Gasteiger partial charge in [0.25, 0.3) is 0 Å². The Kier molecular flexibility index (Phi) is 5.22. The van der Waals surface area contributed by atoms with Gasteiger partial charge in [-0.05, 0) is 60.0 Å². The highest BCUT2D eigenvalue weighted by atomic mass is 16.5. The van der Waals surface area contributed by atoms with Gasteiger partial charge in [-0.1, -0.05) is 0 Å². The van der Waals surface area contributed by atoms with Gasteiger partial charge in [-0.2, -0.15) is 0 Å². The Hall–Kier alpha value is -0.120. The monoisotopic (exact) mass is 228 g/mol. The lowest BCUT2D eigenvalue weighted by Crippen LogP contribution is -2.40. The molecule has 1 atom stereocenters. The zero-order chi connectivity index (χ0) is 12.1. The van der Waals surface area contributed by atoms with E-state index in [4.69, 9.17) is 4.74 Å². The van der Waals surface area contributed by atoms with Crippen molar-refractivity contribution in [2.24, 2.45) is 0 Å². The molecule has 96 valence electrons. The largest absolute Gasteiger partial charge is 0.374 e. The zero-order valence-corrected chi connectivity index (χ0v) is 11.4. The van der Waals surface area contributed by atoms with Crippen molar-refractivity contribution in [2.75, 3.05) is 26.2 Å². The molecular weight excluding hydrogens is 200 g/mol. The van der Waals surface area contributed by atoms with Gasteiger partial charge in [0.05, 0.1) is 5.60 Å². The third-order valence-electron chi connectivity index (χ3n) is 2.99. The fourth-order valence-electron chi connectivity index (χ4n) is 2.01. The van der Waals surface area contributed by atoms with Crippen LogP contribution in [0.1, 0.15) is 47.0 Å². The molecule has 0 aliphatic carbocycles. The number of ether oxygens (including phenoxy) is 1. The summed E-state index contributed by atoms with van der Waals surface area (Å²) in [6.07, 6.45) is 3.58. The van der Waals surface area contributed by atoms with E-state index < -0.39 is 0 Å². The first-order valence-electron chi connectivity index (χ1n) is 6.51. The number of hydrogen-bond donors (Lipinski definition) is 2. The summed E-state index contributed by atoms with van der Waals surface area (Å²) in [6.45, 7) is 12.9. The Morgan fingerprint density at radius 2 is 2.00 bits per heavy atom. The Labute approximate surface area is 100 Å². The molecule has 1 saturated heterocycles. The lowest BCUT2D eigenvalue weighted by molar-refractivity contribution is 0.0210. The maximum absolute atomic E-state index is 5.72. The Bertz CT molecular complexity index is 193. The summed E-state index contributed by atoms with van der Waals surface area (Å²) in [4.78, 5) is 0. The van der Waals surface area contributed by atoms with Crippen LogP contribution in [0.2, 0.25) is 0 Å². The molecule has 0 aromatic carbocycles. The average Bonchev–Trinajstić information content (AvgIpc) is 2.57. The average molecular weight is 228 g/mol. The molecule has 0 radical (unpaired) electrons. The van der Waals surface area contributed by atoms with Crippen LogP contribution in [0.5, 0.6) is 0 Å². The van der Waals surface area contributed by atoms with E-state index in [1.54, 1.807) is 0 Å². The molecule has 1 aliphatic heterocycles. The minimum atomic E-state index is 0.0947. The Morgan fingerprint density at radius 1 is 1.25 bits per heavy atom. The van der Waals surface area contributed by atoms with Crippen LogP contribution in [0.4, 0.5) is 0 Å². The van der Waals surface area contributed by atoms with Crippen molar-refractivity contribution in [2.45, 2.75) is 58.1 Å². The predicted molar refractivity (Wildman–Crippen MR) is 68.8 cm³/mol. The molecule has 0 bridgehead atoms. The normalized spacial score (nSPS) is 26.2. The first kappa shape index (κ1) is 13.9. The molecule has 1 heterocycles. The minimum absolute atomic E-state index is 0.0947. The summed E-state index contributed by atoms with van der Waals surface area (Å²) in [5, 5.41) is 6.98. The number of hydrogen-bond acceptors (Lipinski definition) is 3. The summed E-state index contributed by atoms with van der Waals surface area (Å²) < 4.78 is 5.72. The van der Waals surface area contributed by atoms with E-state index in [1.165, 1.54) is 19.3 Å². The van der Waals surface area contributed by atoms with Gasteiger partial charge in [0.15, 0.2) is 0 Å². The van der Waals surface area contributed by atoms with Gasteiger partial charge in [-0.25, -0.2) is 0 Å². The highest BCUT2D eigenvalue weighted by Crippen LogP contribution is 2.23. The van der Waals surface area contributed by atoms with Crippen LogP contribution in [0.25, 0.3) is 0 Å². The second-order valence-electron chi connectivity index (χ2n) is 6.11. The second-order valence-corrected chi connectivity index (χ2v) is 6.11. The van der Waals surface area contributed by atoms with E-state index in [-0.39, 0.29) is 11.1 Å². The summed E-state index contributed by atoms with van der Waals surface area (Å²) >= 11 is 0. The summed E-state index contributed by atoms with van der Waals surface area (Å²) in [6, 6.07) is 0. The Balaban J connectivity index is 1.96. The smallest absolute Gasteiger partial charge is 0.0779 e. The van der Waals surface area contributed by atoms with E-state index in [9.17, 15) is 0 Å². The fourth-order valence-corrected chi connectivity index (χ4v) is 2.01. The van der Waals surface area contributed by atoms with E-state index in [0.717, 1.165) is 26.2 Å². The highest BCUT2D eigenvalue weighted by molar-refractivity contribution is 4.82. The van der Waals surface area contributed by atoms with Gasteiger partial charge in [0.1, 0.15) is 0 Å². The fraction of sp³-hybridized carbons (Fsp3) is 1.00. The first-order valence-corrected chi connectivity index (χ1v) is 6.51. The van der Waals surface area contributed by atoms with Crippen LogP contribution < -0.4 is 10.6 Å². The van der Waals surface area contributed by atoms with Gasteiger partial charge in [-0.15, -0.1) is 0 Å². The van der Waals surface area contributed by atoms with Crippen molar-refractivity contribution >= 4 is 0 Å². The van der Waals surface area contributed by atoms with Gasteiger partial charge in [-0.3, -0.25) is 0 Å². The molecule has 16 heavy (non-hydrogen) atoms. The lowest BCUT2D eigenvalue weighted by Gasteiger charge is -2.24. The van der Waals surface area contributed by atoms with Crippen molar-refractivity contribution < 1.29 is 4.74 Å². The van der Waals surface area contributed by atoms with Crippen molar-refractivity contribution in [1.29, 1.82) is 0 Å².